The van der Waals surface area contributed by atoms with E-state index in [1.807, 2.05) is 13.8 Å². The van der Waals surface area contributed by atoms with Crippen molar-refractivity contribution >= 4 is 0 Å². The van der Waals surface area contributed by atoms with E-state index in [4.69, 9.17) is 0 Å². The molecule has 25 heavy (non-hydrogen) atoms. The minimum Gasteiger partial charge on any atom is -0.299 e. The maximum atomic E-state index is 12.3. The van der Waals surface area contributed by atoms with Gasteiger partial charge in [0, 0.05) is 37.1 Å². The van der Waals surface area contributed by atoms with E-state index in [1.54, 1.807) is 28.7 Å². The Kier molecular flexibility index (Phi) is 5.13. The lowest BCUT2D eigenvalue weighted by Gasteiger charge is -2.32. The monoisotopic (exact) mass is 343 g/mol. The summed E-state index contributed by atoms with van der Waals surface area (Å²) < 4.78 is 3.34. The highest BCUT2D eigenvalue weighted by Gasteiger charge is 2.21. The molecule has 1 saturated heterocycles. The van der Waals surface area contributed by atoms with Gasteiger partial charge in [-0.05, 0) is 45.7 Å². The van der Waals surface area contributed by atoms with Crippen LogP contribution in [0.25, 0.3) is 0 Å². The zero-order valence-electron chi connectivity index (χ0n) is 15.1. The Labute approximate surface area is 147 Å². The lowest BCUT2D eigenvalue weighted by molar-refractivity contribution is 0.161. The highest BCUT2D eigenvalue weighted by atomic mass is 16.1. The van der Waals surface area contributed by atoms with E-state index in [2.05, 4.69) is 14.9 Å². The third-order valence-electron chi connectivity index (χ3n) is 5.20. The summed E-state index contributed by atoms with van der Waals surface area (Å²) in [6.45, 7) is 7.00. The van der Waals surface area contributed by atoms with Crippen LogP contribution in [0.15, 0.2) is 28.2 Å². The summed E-state index contributed by atoms with van der Waals surface area (Å²) in [5.41, 5.74) is 1.58. The Morgan fingerprint density at radius 2 is 1.88 bits per heavy atom. The largest absolute Gasteiger partial charge is 0.299 e. The first-order valence-corrected chi connectivity index (χ1v) is 8.71. The molecular weight excluding hydrogens is 318 g/mol. The third-order valence-corrected chi connectivity index (χ3v) is 5.20. The summed E-state index contributed by atoms with van der Waals surface area (Å²) in [6.07, 6.45) is 5.30. The second kappa shape index (κ2) is 7.31. The van der Waals surface area contributed by atoms with Crippen molar-refractivity contribution in [3.05, 3.63) is 56.4 Å². The maximum absolute atomic E-state index is 12.3. The van der Waals surface area contributed by atoms with Gasteiger partial charge >= 0.3 is 0 Å². The Morgan fingerprint density at radius 3 is 2.60 bits per heavy atom. The molecule has 0 unspecified atom stereocenters. The average molecular weight is 343 g/mol. The van der Waals surface area contributed by atoms with Crippen LogP contribution in [-0.4, -0.2) is 37.1 Å². The molecule has 0 bridgehead atoms. The van der Waals surface area contributed by atoms with Crippen LogP contribution in [0.4, 0.5) is 0 Å². The van der Waals surface area contributed by atoms with E-state index < -0.39 is 0 Å². The fourth-order valence-electron chi connectivity index (χ4n) is 3.27. The lowest BCUT2D eigenvalue weighted by Crippen LogP contribution is -2.37. The Balaban J connectivity index is 1.59. The van der Waals surface area contributed by atoms with Crippen LogP contribution < -0.4 is 11.1 Å². The van der Waals surface area contributed by atoms with E-state index in [0.717, 1.165) is 49.6 Å². The second-order valence-corrected chi connectivity index (χ2v) is 6.89. The number of nitrogens with zero attached hydrogens (tertiary/aromatic N) is 5. The summed E-state index contributed by atoms with van der Waals surface area (Å²) in [5.74, 6) is 1.27. The topological polar surface area (TPSA) is 73.0 Å². The number of hydrogen-bond donors (Lipinski definition) is 0. The number of likely N-dealkylation sites (tertiary alicyclic amines) is 1. The highest BCUT2D eigenvalue weighted by molar-refractivity contribution is 5.12. The first kappa shape index (κ1) is 17.5. The Bertz CT molecular complexity index is 863. The average Bonchev–Trinajstić information content (AvgIpc) is 2.61. The van der Waals surface area contributed by atoms with Crippen molar-refractivity contribution in [3.63, 3.8) is 0 Å². The van der Waals surface area contributed by atoms with Crippen LogP contribution in [0.5, 0.6) is 0 Å². The van der Waals surface area contributed by atoms with Gasteiger partial charge in [-0.15, -0.1) is 0 Å². The van der Waals surface area contributed by atoms with Gasteiger partial charge in [-0.25, -0.2) is 9.97 Å². The van der Waals surface area contributed by atoms with Crippen molar-refractivity contribution < 1.29 is 0 Å². The van der Waals surface area contributed by atoms with Gasteiger partial charge in [0.25, 0.3) is 11.1 Å². The molecule has 1 aliphatic rings. The Hall–Kier alpha value is -2.28. The molecule has 3 rings (SSSR count). The predicted octanol–water partition coefficient (Wildman–Crippen LogP) is 0.866. The minimum atomic E-state index is -0.0264. The first-order valence-electron chi connectivity index (χ1n) is 8.71. The van der Waals surface area contributed by atoms with E-state index in [-0.39, 0.29) is 11.1 Å². The van der Waals surface area contributed by atoms with Crippen LogP contribution in [-0.2, 0) is 20.1 Å². The fourth-order valence-corrected chi connectivity index (χ4v) is 3.27. The van der Waals surface area contributed by atoms with Gasteiger partial charge in [0.2, 0.25) is 0 Å². The molecule has 0 radical (unpaired) electrons. The minimum absolute atomic E-state index is 0.0264. The highest BCUT2D eigenvalue weighted by Crippen LogP contribution is 2.19. The van der Waals surface area contributed by atoms with E-state index in [1.165, 1.54) is 6.07 Å². The van der Waals surface area contributed by atoms with E-state index in [0.29, 0.717) is 12.5 Å². The van der Waals surface area contributed by atoms with E-state index >= 15 is 0 Å². The summed E-state index contributed by atoms with van der Waals surface area (Å²) >= 11 is 0. The summed E-state index contributed by atoms with van der Waals surface area (Å²) in [4.78, 5) is 34.9. The zero-order valence-corrected chi connectivity index (χ0v) is 15.1. The van der Waals surface area contributed by atoms with Crippen LogP contribution in [0.1, 0.15) is 29.9 Å². The molecule has 0 saturated carbocycles. The van der Waals surface area contributed by atoms with Gasteiger partial charge in [-0.3, -0.25) is 23.6 Å². The normalized spacial score (nSPS) is 16.3. The molecule has 7 nitrogen and oxygen atoms in total. The maximum Gasteiger partial charge on any atom is 0.256 e. The first-order chi connectivity index (χ1) is 12.0. The quantitative estimate of drug-likeness (QED) is 0.823. The van der Waals surface area contributed by atoms with Crippen LogP contribution in [0.2, 0.25) is 0 Å². The smallest absolute Gasteiger partial charge is 0.256 e. The Morgan fingerprint density at radius 1 is 1.16 bits per heavy atom. The van der Waals surface area contributed by atoms with Gasteiger partial charge < -0.3 is 0 Å². The molecule has 7 heteroatoms. The predicted molar refractivity (Wildman–Crippen MR) is 95.5 cm³/mol. The van der Waals surface area contributed by atoms with Crippen molar-refractivity contribution in [3.8, 4) is 0 Å². The SMILES string of the molecule is Cc1ncn(CC2CCN(Cc3nccc(=O)n3C)CC2)c(=O)c1C. The van der Waals surface area contributed by atoms with Gasteiger partial charge in [-0.1, -0.05) is 0 Å². The molecule has 2 aromatic rings. The molecule has 0 aliphatic carbocycles. The van der Waals surface area contributed by atoms with Crippen LogP contribution in [0, 0.1) is 19.8 Å². The zero-order chi connectivity index (χ0) is 18.0. The van der Waals surface area contributed by atoms with Crippen molar-refractivity contribution in [2.45, 2.75) is 39.8 Å². The van der Waals surface area contributed by atoms with Crippen molar-refractivity contribution in [2.24, 2.45) is 13.0 Å². The molecule has 0 atom stereocenters. The number of aryl methyl sites for hydroxylation is 1. The van der Waals surface area contributed by atoms with E-state index in [9.17, 15) is 9.59 Å². The molecule has 0 N–H and O–H groups in total. The molecule has 134 valence electrons. The van der Waals surface area contributed by atoms with Gasteiger partial charge in [-0.2, -0.15) is 0 Å². The number of hydrogen-bond acceptors (Lipinski definition) is 5. The van der Waals surface area contributed by atoms with Crippen molar-refractivity contribution in [2.75, 3.05) is 13.1 Å². The summed E-state index contributed by atoms with van der Waals surface area (Å²) in [6, 6.07) is 1.48. The molecule has 2 aromatic heterocycles. The molecule has 3 heterocycles. The molecule has 0 aromatic carbocycles. The molecule has 0 amide bonds. The molecule has 1 fully saturated rings. The van der Waals surface area contributed by atoms with Crippen LogP contribution in [0.3, 0.4) is 0 Å². The summed E-state index contributed by atoms with van der Waals surface area (Å²) in [7, 11) is 1.76. The number of rotatable bonds is 4. The van der Waals surface area contributed by atoms with Crippen LogP contribution >= 0.6 is 0 Å². The number of aromatic nitrogens is 4. The third kappa shape index (κ3) is 3.87. The van der Waals surface area contributed by atoms with Gasteiger partial charge in [0.05, 0.1) is 12.9 Å². The lowest BCUT2D eigenvalue weighted by atomic mass is 9.96. The summed E-state index contributed by atoms with van der Waals surface area (Å²) in [5, 5.41) is 0. The molecule has 0 spiro atoms. The van der Waals surface area contributed by atoms with Crippen molar-refractivity contribution in [1.29, 1.82) is 0 Å². The molecular formula is C18H25N5O2. The van der Waals surface area contributed by atoms with Gasteiger partial charge in [0.1, 0.15) is 5.82 Å². The van der Waals surface area contributed by atoms with Crippen molar-refractivity contribution in [1.82, 2.24) is 24.0 Å². The fraction of sp³-hybridized carbons (Fsp3) is 0.556. The number of piperidine rings is 1. The standard InChI is InChI=1S/C18H25N5O2/c1-13-14(2)20-12-23(18(13)25)10-15-5-8-22(9-6-15)11-16-19-7-4-17(24)21(16)3/h4,7,12,15H,5-6,8-11H2,1-3H3. The second-order valence-electron chi connectivity index (χ2n) is 6.89. The van der Waals surface area contributed by atoms with Gasteiger partial charge in [0.15, 0.2) is 0 Å². The molecule has 1 aliphatic heterocycles.